The first-order valence-electron chi connectivity index (χ1n) is 5.92. The molecule has 5 nitrogen and oxygen atoms in total. The van der Waals surface area contributed by atoms with Gasteiger partial charge in [0.25, 0.3) is 0 Å². The van der Waals surface area contributed by atoms with E-state index >= 15 is 0 Å². The van der Waals surface area contributed by atoms with Crippen LogP contribution in [0.5, 0.6) is 0 Å². The molecule has 0 fully saturated rings. The van der Waals surface area contributed by atoms with Gasteiger partial charge < -0.3 is 9.67 Å². The van der Waals surface area contributed by atoms with E-state index in [1.54, 1.807) is 0 Å². The van der Waals surface area contributed by atoms with Crippen molar-refractivity contribution in [2.45, 2.75) is 6.54 Å². The molecule has 0 spiro atoms. The largest absolute Gasteiger partial charge is 0.478 e. The molecule has 0 radical (unpaired) electrons. The Bertz CT molecular complexity index is 798. The van der Waals surface area contributed by atoms with E-state index in [1.807, 2.05) is 35.0 Å². The molecule has 0 aliphatic heterocycles. The summed E-state index contributed by atoms with van der Waals surface area (Å²) in [4.78, 5) is 19.0. The van der Waals surface area contributed by atoms with Crippen molar-refractivity contribution in [3.05, 3.63) is 59.3 Å². The molecule has 2 aromatic heterocycles. The number of halogens is 1. The van der Waals surface area contributed by atoms with E-state index in [1.165, 1.54) is 12.5 Å². The van der Waals surface area contributed by atoms with Gasteiger partial charge in [0.2, 0.25) is 0 Å². The average Bonchev–Trinajstić information content (AvgIpc) is 2.84. The predicted molar refractivity (Wildman–Crippen MR) is 75.0 cm³/mol. The van der Waals surface area contributed by atoms with Crippen LogP contribution < -0.4 is 0 Å². The summed E-state index contributed by atoms with van der Waals surface area (Å²) in [5.74, 6) is -1.03. The van der Waals surface area contributed by atoms with Gasteiger partial charge in [0.1, 0.15) is 11.9 Å². The van der Waals surface area contributed by atoms with Crippen molar-refractivity contribution < 1.29 is 9.90 Å². The van der Waals surface area contributed by atoms with Crippen molar-refractivity contribution in [2.75, 3.05) is 0 Å². The van der Waals surface area contributed by atoms with Crippen molar-refractivity contribution in [3.8, 4) is 0 Å². The SMILES string of the molecule is O=C(O)c1cncnc1Cn1ccc2c(Cl)cccc21. The van der Waals surface area contributed by atoms with Gasteiger partial charge in [-0.25, -0.2) is 14.8 Å². The number of carboxylic acids is 1. The molecule has 0 aliphatic carbocycles. The van der Waals surface area contributed by atoms with Gasteiger partial charge in [-0.3, -0.25) is 0 Å². The predicted octanol–water partition coefficient (Wildman–Crippen LogP) is 2.83. The third-order valence-corrected chi connectivity index (χ3v) is 3.44. The smallest absolute Gasteiger partial charge is 0.339 e. The molecule has 0 amide bonds. The lowest BCUT2D eigenvalue weighted by atomic mass is 10.2. The number of fused-ring (bicyclic) bond motifs is 1. The lowest BCUT2D eigenvalue weighted by Crippen LogP contribution is -2.09. The summed E-state index contributed by atoms with van der Waals surface area (Å²) in [6.45, 7) is 0.355. The molecule has 6 heteroatoms. The Morgan fingerprint density at radius 1 is 1.35 bits per heavy atom. The number of hydrogen-bond acceptors (Lipinski definition) is 3. The number of carboxylic acid groups (broad SMARTS) is 1. The van der Waals surface area contributed by atoms with Crippen molar-refractivity contribution in [3.63, 3.8) is 0 Å². The first kappa shape index (κ1) is 12.6. The summed E-state index contributed by atoms with van der Waals surface area (Å²) >= 11 is 6.12. The van der Waals surface area contributed by atoms with Gasteiger partial charge >= 0.3 is 5.97 Å². The summed E-state index contributed by atoms with van der Waals surface area (Å²) < 4.78 is 1.91. The van der Waals surface area contributed by atoms with Gasteiger partial charge in [0.05, 0.1) is 12.2 Å². The monoisotopic (exact) mass is 287 g/mol. The minimum absolute atomic E-state index is 0.108. The van der Waals surface area contributed by atoms with Crippen LogP contribution in [0.25, 0.3) is 10.9 Å². The van der Waals surface area contributed by atoms with Gasteiger partial charge in [0.15, 0.2) is 0 Å². The summed E-state index contributed by atoms with van der Waals surface area (Å²) in [5.41, 5.74) is 1.51. The molecular weight excluding hydrogens is 278 g/mol. The zero-order chi connectivity index (χ0) is 14.1. The van der Waals surface area contributed by atoms with Gasteiger partial charge in [-0.05, 0) is 18.2 Å². The van der Waals surface area contributed by atoms with Crippen molar-refractivity contribution in [1.82, 2.24) is 14.5 Å². The van der Waals surface area contributed by atoms with Crippen LogP contribution in [0.15, 0.2) is 43.0 Å². The van der Waals surface area contributed by atoms with E-state index < -0.39 is 5.97 Å². The maximum atomic E-state index is 11.2. The molecule has 3 rings (SSSR count). The van der Waals surface area contributed by atoms with E-state index in [-0.39, 0.29) is 5.56 Å². The number of benzene rings is 1. The van der Waals surface area contributed by atoms with Crippen LogP contribution in [-0.2, 0) is 6.54 Å². The minimum Gasteiger partial charge on any atom is -0.478 e. The number of aromatic nitrogens is 3. The van der Waals surface area contributed by atoms with Crippen LogP contribution in [0.1, 0.15) is 16.1 Å². The Morgan fingerprint density at radius 2 is 2.20 bits per heavy atom. The normalized spacial score (nSPS) is 10.8. The van der Waals surface area contributed by atoms with E-state index in [2.05, 4.69) is 9.97 Å². The average molecular weight is 288 g/mol. The molecule has 0 unspecified atom stereocenters. The summed E-state index contributed by atoms with van der Waals surface area (Å²) in [6.07, 6.45) is 4.52. The zero-order valence-corrected chi connectivity index (χ0v) is 11.1. The van der Waals surface area contributed by atoms with Crippen LogP contribution in [0.2, 0.25) is 5.02 Å². The summed E-state index contributed by atoms with van der Waals surface area (Å²) in [6, 6.07) is 7.52. The highest BCUT2D eigenvalue weighted by molar-refractivity contribution is 6.35. The maximum Gasteiger partial charge on any atom is 0.339 e. The lowest BCUT2D eigenvalue weighted by Gasteiger charge is -2.07. The highest BCUT2D eigenvalue weighted by atomic mass is 35.5. The topological polar surface area (TPSA) is 68.0 Å². The Morgan fingerprint density at radius 3 is 3.00 bits per heavy atom. The Hall–Kier alpha value is -2.40. The third kappa shape index (κ3) is 2.12. The number of aromatic carboxylic acids is 1. The second-order valence-corrected chi connectivity index (χ2v) is 4.71. The molecule has 1 aromatic carbocycles. The molecule has 3 aromatic rings. The van der Waals surface area contributed by atoms with E-state index in [0.717, 1.165) is 10.9 Å². The number of hydrogen-bond donors (Lipinski definition) is 1. The van der Waals surface area contributed by atoms with Crippen molar-refractivity contribution in [1.29, 1.82) is 0 Å². The first-order valence-corrected chi connectivity index (χ1v) is 6.30. The molecule has 0 bridgehead atoms. The highest BCUT2D eigenvalue weighted by Crippen LogP contribution is 2.24. The molecule has 1 N–H and O–H groups in total. The second kappa shape index (κ2) is 4.94. The van der Waals surface area contributed by atoms with Crippen molar-refractivity contribution >= 4 is 28.5 Å². The van der Waals surface area contributed by atoms with Crippen LogP contribution in [0.4, 0.5) is 0 Å². The fourth-order valence-corrected chi connectivity index (χ4v) is 2.38. The van der Waals surface area contributed by atoms with Gasteiger partial charge in [-0.2, -0.15) is 0 Å². The summed E-state index contributed by atoms with van der Waals surface area (Å²) in [7, 11) is 0. The Balaban J connectivity index is 2.06. The van der Waals surface area contributed by atoms with Gasteiger partial charge in [-0.1, -0.05) is 17.7 Å². The second-order valence-electron chi connectivity index (χ2n) is 4.30. The molecule has 0 aliphatic rings. The lowest BCUT2D eigenvalue weighted by molar-refractivity contribution is 0.0694. The quantitative estimate of drug-likeness (QED) is 0.804. The zero-order valence-electron chi connectivity index (χ0n) is 10.3. The molecule has 0 atom stereocenters. The fourth-order valence-electron chi connectivity index (χ4n) is 2.14. The number of rotatable bonds is 3. The first-order chi connectivity index (χ1) is 9.66. The molecule has 100 valence electrons. The summed E-state index contributed by atoms with van der Waals surface area (Å²) in [5, 5.41) is 10.7. The van der Waals surface area contributed by atoms with Gasteiger partial charge in [0, 0.05) is 28.3 Å². The van der Waals surface area contributed by atoms with E-state index in [9.17, 15) is 4.79 Å². The minimum atomic E-state index is -1.03. The van der Waals surface area contributed by atoms with Crippen LogP contribution in [-0.4, -0.2) is 25.6 Å². The number of carbonyl (C=O) groups is 1. The molecule has 20 heavy (non-hydrogen) atoms. The maximum absolute atomic E-state index is 11.2. The van der Waals surface area contributed by atoms with E-state index in [4.69, 9.17) is 16.7 Å². The van der Waals surface area contributed by atoms with E-state index in [0.29, 0.717) is 17.3 Å². The van der Waals surface area contributed by atoms with Crippen LogP contribution in [0, 0.1) is 0 Å². The van der Waals surface area contributed by atoms with Crippen LogP contribution in [0.3, 0.4) is 0 Å². The molecular formula is C14H10ClN3O2. The van der Waals surface area contributed by atoms with Crippen molar-refractivity contribution in [2.24, 2.45) is 0 Å². The molecule has 2 heterocycles. The Kier molecular flexibility index (Phi) is 3.12. The van der Waals surface area contributed by atoms with Gasteiger partial charge in [-0.15, -0.1) is 0 Å². The molecule has 0 saturated carbocycles. The number of nitrogens with zero attached hydrogens (tertiary/aromatic N) is 3. The highest BCUT2D eigenvalue weighted by Gasteiger charge is 2.13. The Labute approximate surface area is 119 Å². The standard InChI is InChI=1S/C14H10ClN3O2/c15-11-2-1-3-13-9(11)4-5-18(13)7-12-10(14(19)20)6-16-8-17-12/h1-6,8H,7H2,(H,19,20). The fraction of sp³-hybridized carbons (Fsp3) is 0.0714. The molecule has 0 saturated heterocycles. The van der Waals surface area contributed by atoms with Crippen LogP contribution >= 0.6 is 11.6 Å². The third-order valence-electron chi connectivity index (χ3n) is 3.11.